The van der Waals surface area contributed by atoms with Crippen molar-refractivity contribution in [3.63, 3.8) is 0 Å². The van der Waals surface area contributed by atoms with Crippen LogP contribution in [0.4, 0.5) is 0 Å². The summed E-state index contributed by atoms with van der Waals surface area (Å²) in [5.74, 6) is -1.75. The summed E-state index contributed by atoms with van der Waals surface area (Å²) in [4.78, 5) is 44.5. The Hall–Kier alpha value is -1.80. The molecule has 2 bridgehead atoms. The third kappa shape index (κ3) is 4.68. The number of likely N-dealkylation sites (tertiary alicyclic amines) is 1. The fourth-order valence-electron chi connectivity index (χ4n) is 5.91. The normalized spacial score (nSPS) is 30.2. The van der Waals surface area contributed by atoms with Crippen LogP contribution in [0, 0.1) is 11.8 Å². The average molecular weight is 493 g/mol. The van der Waals surface area contributed by atoms with E-state index in [0.717, 1.165) is 25.7 Å². The Bertz CT molecular complexity index is 785. The molecule has 3 aliphatic rings. The molecule has 1 spiro atoms. The number of hydrogen-bond donors (Lipinski definition) is 1. The first-order chi connectivity index (χ1) is 16.4. The molecule has 3 aliphatic heterocycles. The van der Waals surface area contributed by atoms with Crippen molar-refractivity contribution < 1.29 is 24.2 Å². The Morgan fingerprint density at radius 2 is 2.09 bits per heavy atom. The summed E-state index contributed by atoms with van der Waals surface area (Å²) in [6, 6.07) is -1.14. The molecule has 0 aliphatic carbocycles. The first-order valence-corrected chi connectivity index (χ1v) is 13.6. The van der Waals surface area contributed by atoms with Crippen molar-refractivity contribution in [2.45, 2.75) is 80.9 Å². The highest BCUT2D eigenvalue weighted by Crippen LogP contribution is 2.67. The molecule has 6 atom stereocenters. The summed E-state index contributed by atoms with van der Waals surface area (Å²) in [6.07, 6.45) is 8.82. The van der Waals surface area contributed by atoms with Crippen LogP contribution in [0.15, 0.2) is 25.3 Å². The Kier molecular flexibility index (Phi) is 9.27. The van der Waals surface area contributed by atoms with Crippen LogP contribution in [-0.4, -0.2) is 81.1 Å². The quantitative estimate of drug-likeness (QED) is 0.228. The number of amides is 2. The number of carbonyl (C=O) groups excluding carboxylic acids is 3. The van der Waals surface area contributed by atoms with E-state index in [9.17, 15) is 19.5 Å². The SMILES string of the molecule is C=CCCCOC(=O)[C@@H]1[C@@H]2CCC3(S2)C(C(=O)N(CC=C)CCCC)N([C@@H](CC)CO)C(=O)[C@H]13. The zero-order valence-electron chi connectivity index (χ0n) is 20.6. The summed E-state index contributed by atoms with van der Waals surface area (Å²) in [5, 5.41) is 10.1. The van der Waals surface area contributed by atoms with Gasteiger partial charge in [-0.2, -0.15) is 0 Å². The number of aliphatic hydroxyl groups excluding tert-OH is 1. The van der Waals surface area contributed by atoms with E-state index in [4.69, 9.17) is 4.74 Å². The third-order valence-corrected chi connectivity index (χ3v) is 9.51. The summed E-state index contributed by atoms with van der Waals surface area (Å²) in [5.41, 5.74) is 0. The van der Waals surface area contributed by atoms with Crippen molar-refractivity contribution in [2.24, 2.45) is 11.8 Å². The number of nitrogens with zero attached hydrogens (tertiary/aromatic N) is 2. The van der Waals surface area contributed by atoms with Gasteiger partial charge in [-0.15, -0.1) is 24.9 Å². The molecule has 34 heavy (non-hydrogen) atoms. The molecule has 0 aromatic carbocycles. The van der Waals surface area contributed by atoms with Crippen LogP contribution in [0.1, 0.15) is 58.8 Å². The Morgan fingerprint density at radius 3 is 2.71 bits per heavy atom. The van der Waals surface area contributed by atoms with Gasteiger partial charge in [-0.1, -0.05) is 32.4 Å². The molecule has 0 aromatic rings. The third-order valence-electron chi connectivity index (χ3n) is 7.56. The molecule has 0 saturated carbocycles. The van der Waals surface area contributed by atoms with Gasteiger partial charge in [0.05, 0.1) is 35.8 Å². The fourth-order valence-corrected chi connectivity index (χ4v) is 8.10. The van der Waals surface area contributed by atoms with Crippen molar-refractivity contribution in [1.29, 1.82) is 0 Å². The van der Waals surface area contributed by atoms with E-state index >= 15 is 0 Å². The van der Waals surface area contributed by atoms with Gasteiger partial charge >= 0.3 is 5.97 Å². The van der Waals surface area contributed by atoms with Crippen molar-refractivity contribution >= 4 is 29.5 Å². The molecule has 0 aromatic heterocycles. The second kappa shape index (κ2) is 11.8. The number of unbranched alkanes of at least 4 members (excludes halogenated alkanes) is 2. The molecule has 3 rings (SSSR count). The molecule has 3 fully saturated rings. The van der Waals surface area contributed by atoms with Crippen LogP contribution in [0.3, 0.4) is 0 Å². The Balaban J connectivity index is 1.96. The van der Waals surface area contributed by atoms with Gasteiger partial charge in [0.15, 0.2) is 0 Å². The zero-order valence-corrected chi connectivity index (χ0v) is 21.4. The molecule has 3 heterocycles. The van der Waals surface area contributed by atoms with Gasteiger partial charge in [0.1, 0.15) is 6.04 Å². The molecule has 190 valence electrons. The summed E-state index contributed by atoms with van der Waals surface area (Å²) < 4.78 is 4.93. The average Bonchev–Trinajstić information content (AvgIpc) is 3.48. The molecule has 2 unspecified atom stereocenters. The number of ether oxygens (including phenoxy) is 1. The minimum atomic E-state index is -0.688. The van der Waals surface area contributed by atoms with E-state index in [1.807, 2.05) is 6.92 Å². The Labute approximate surface area is 208 Å². The standard InChI is InChI=1S/C26H40N2O5S/c1-5-9-11-16-33-25(32)20-19-12-13-26(34-19)21(20)23(30)28(18(8-4)17-29)22(26)24(31)27(14-7-3)15-10-6-2/h5,7,18-22,29H,1,3,6,8-17H2,2,4H3/t18-,19-,20+,21-,22?,26?/m0/s1. The van der Waals surface area contributed by atoms with Gasteiger partial charge in [0.25, 0.3) is 0 Å². The minimum Gasteiger partial charge on any atom is -0.465 e. The number of rotatable bonds is 14. The molecule has 7 nitrogen and oxygen atoms in total. The van der Waals surface area contributed by atoms with E-state index < -0.39 is 28.7 Å². The second-order valence-corrected chi connectivity index (χ2v) is 11.2. The van der Waals surface area contributed by atoms with Gasteiger partial charge in [-0.05, 0) is 38.5 Å². The van der Waals surface area contributed by atoms with E-state index in [-0.39, 0.29) is 29.6 Å². The predicted octanol–water partition coefficient (Wildman–Crippen LogP) is 3.17. The van der Waals surface area contributed by atoms with Gasteiger partial charge < -0.3 is 19.6 Å². The van der Waals surface area contributed by atoms with Gasteiger partial charge in [0.2, 0.25) is 11.8 Å². The van der Waals surface area contributed by atoms with Crippen LogP contribution >= 0.6 is 11.8 Å². The summed E-state index contributed by atoms with van der Waals surface area (Å²) >= 11 is 1.64. The summed E-state index contributed by atoms with van der Waals surface area (Å²) in [6.45, 7) is 12.6. The number of allylic oxidation sites excluding steroid dienone is 1. The number of thioether (sulfide) groups is 1. The summed E-state index contributed by atoms with van der Waals surface area (Å²) in [7, 11) is 0. The lowest BCUT2D eigenvalue weighted by Crippen LogP contribution is -2.57. The van der Waals surface area contributed by atoms with E-state index in [1.165, 1.54) is 0 Å². The highest BCUT2D eigenvalue weighted by molar-refractivity contribution is 8.02. The first-order valence-electron chi connectivity index (χ1n) is 12.7. The number of hydrogen-bond acceptors (Lipinski definition) is 6. The van der Waals surface area contributed by atoms with Crippen molar-refractivity contribution in [1.82, 2.24) is 9.80 Å². The maximum absolute atomic E-state index is 14.0. The maximum Gasteiger partial charge on any atom is 0.310 e. The lowest BCUT2D eigenvalue weighted by atomic mass is 9.71. The fraction of sp³-hybridized carbons (Fsp3) is 0.731. The van der Waals surface area contributed by atoms with Crippen LogP contribution in [-0.2, 0) is 19.1 Å². The lowest BCUT2D eigenvalue weighted by Gasteiger charge is -2.39. The van der Waals surface area contributed by atoms with Gasteiger partial charge in [0, 0.05) is 18.3 Å². The molecular weight excluding hydrogens is 452 g/mol. The highest BCUT2D eigenvalue weighted by Gasteiger charge is 2.74. The van der Waals surface area contributed by atoms with Crippen LogP contribution < -0.4 is 0 Å². The van der Waals surface area contributed by atoms with E-state index in [2.05, 4.69) is 20.1 Å². The molecule has 0 radical (unpaired) electrons. The molecular formula is C26H40N2O5S. The molecule has 3 saturated heterocycles. The topological polar surface area (TPSA) is 87.2 Å². The van der Waals surface area contributed by atoms with Gasteiger partial charge in [-0.3, -0.25) is 14.4 Å². The van der Waals surface area contributed by atoms with E-state index in [0.29, 0.717) is 39.0 Å². The number of aliphatic hydroxyl groups is 1. The molecule has 8 heteroatoms. The second-order valence-electron chi connectivity index (χ2n) is 9.57. The van der Waals surface area contributed by atoms with E-state index in [1.54, 1.807) is 33.7 Å². The monoisotopic (exact) mass is 492 g/mol. The van der Waals surface area contributed by atoms with Crippen molar-refractivity contribution in [3.8, 4) is 0 Å². The number of carbonyl (C=O) groups is 3. The lowest BCUT2D eigenvalue weighted by molar-refractivity contribution is -0.154. The smallest absolute Gasteiger partial charge is 0.310 e. The first kappa shape index (κ1) is 26.8. The molecule has 2 amide bonds. The largest absolute Gasteiger partial charge is 0.465 e. The number of esters is 1. The Morgan fingerprint density at radius 1 is 1.32 bits per heavy atom. The van der Waals surface area contributed by atoms with Crippen molar-refractivity contribution in [3.05, 3.63) is 25.3 Å². The van der Waals surface area contributed by atoms with Gasteiger partial charge in [-0.25, -0.2) is 0 Å². The van der Waals surface area contributed by atoms with Crippen LogP contribution in [0.25, 0.3) is 0 Å². The molecule has 1 N–H and O–H groups in total. The highest BCUT2D eigenvalue weighted by atomic mass is 32.2. The maximum atomic E-state index is 14.0. The predicted molar refractivity (Wildman–Crippen MR) is 134 cm³/mol. The van der Waals surface area contributed by atoms with Crippen LogP contribution in [0.5, 0.6) is 0 Å². The number of fused-ring (bicyclic) bond motifs is 1. The van der Waals surface area contributed by atoms with Crippen LogP contribution in [0.2, 0.25) is 0 Å². The minimum absolute atomic E-state index is 0.0176. The zero-order chi connectivity index (χ0) is 24.9. The van der Waals surface area contributed by atoms with Crippen molar-refractivity contribution in [2.75, 3.05) is 26.3 Å².